The number of hydrazine groups is 1. The number of ether oxygens (including phenoxy) is 1. The van der Waals surface area contributed by atoms with Gasteiger partial charge in [0.2, 0.25) is 0 Å². The lowest BCUT2D eigenvalue weighted by Crippen LogP contribution is -2.30. The summed E-state index contributed by atoms with van der Waals surface area (Å²) in [6.07, 6.45) is 0.776. The molecule has 1 aromatic heterocycles. The van der Waals surface area contributed by atoms with Crippen LogP contribution in [0.2, 0.25) is 0 Å². The first kappa shape index (κ1) is 14.3. The van der Waals surface area contributed by atoms with E-state index in [1.807, 2.05) is 25.1 Å². The summed E-state index contributed by atoms with van der Waals surface area (Å²) in [6.45, 7) is 6.52. The molecule has 2 aromatic rings. The van der Waals surface area contributed by atoms with Gasteiger partial charge in [0, 0.05) is 5.39 Å². The molecule has 3 N–H and O–H groups in total. The van der Waals surface area contributed by atoms with Crippen molar-refractivity contribution in [3.05, 3.63) is 47.7 Å². The normalized spacial score (nSPS) is 10.7. The first-order valence-electron chi connectivity index (χ1n) is 6.37. The van der Waals surface area contributed by atoms with Crippen molar-refractivity contribution < 1.29 is 13.9 Å². The molecule has 106 valence electrons. The number of hydrogen-bond donors (Lipinski definition) is 2. The molecule has 0 bridgehead atoms. The fraction of sp³-hybridized carbons (Fsp3) is 0.267. The third-order valence-electron chi connectivity index (χ3n) is 2.93. The van der Waals surface area contributed by atoms with Gasteiger partial charge in [0.05, 0.1) is 12.2 Å². The van der Waals surface area contributed by atoms with Crippen LogP contribution in [0.4, 0.5) is 0 Å². The quantitative estimate of drug-likeness (QED) is 0.279. The zero-order chi connectivity index (χ0) is 14.5. The van der Waals surface area contributed by atoms with Crippen LogP contribution in [-0.2, 0) is 11.3 Å². The van der Waals surface area contributed by atoms with E-state index in [4.69, 9.17) is 15.0 Å². The summed E-state index contributed by atoms with van der Waals surface area (Å²) < 4.78 is 11.2. The first-order valence-corrected chi connectivity index (χ1v) is 6.37. The van der Waals surface area contributed by atoms with Crippen LogP contribution in [0, 0.1) is 0 Å². The Morgan fingerprint density at radius 3 is 2.90 bits per heavy atom. The topological polar surface area (TPSA) is 77.5 Å². The monoisotopic (exact) mass is 274 g/mol. The summed E-state index contributed by atoms with van der Waals surface area (Å²) in [7, 11) is 0. The highest BCUT2D eigenvalue weighted by Gasteiger charge is 2.19. The second-order valence-corrected chi connectivity index (χ2v) is 4.63. The van der Waals surface area contributed by atoms with E-state index in [1.54, 1.807) is 6.07 Å². The van der Waals surface area contributed by atoms with Gasteiger partial charge in [-0.25, -0.2) is 5.84 Å². The lowest BCUT2D eigenvalue weighted by molar-refractivity contribution is 0.0925. The van der Waals surface area contributed by atoms with Gasteiger partial charge in [-0.05, 0) is 19.4 Å². The van der Waals surface area contributed by atoms with Gasteiger partial charge in [0.15, 0.2) is 0 Å². The Bertz CT molecular complexity index is 631. The number of nitrogens with two attached hydrogens (primary N) is 1. The maximum Gasteiger partial charge on any atom is 0.269 e. The number of nitrogen functional groups attached to an aromatic ring is 1. The fourth-order valence-electron chi connectivity index (χ4n) is 1.93. The van der Waals surface area contributed by atoms with E-state index < -0.39 is 0 Å². The Balaban J connectivity index is 2.22. The Kier molecular flexibility index (Phi) is 4.55. The van der Waals surface area contributed by atoms with Crippen molar-refractivity contribution in [2.45, 2.75) is 20.0 Å². The second-order valence-electron chi connectivity index (χ2n) is 4.63. The maximum atomic E-state index is 11.9. The predicted molar refractivity (Wildman–Crippen MR) is 77.0 cm³/mol. The van der Waals surface area contributed by atoms with Crippen LogP contribution >= 0.6 is 0 Å². The highest BCUT2D eigenvalue weighted by molar-refractivity contribution is 6.06. The number of hydrogen-bond acceptors (Lipinski definition) is 4. The molecule has 2 rings (SSSR count). The Morgan fingerprint density at radius 1 is 1.45 bits per heavy atom. The molecule has 5 nitrogen and oxygen atoms in total. The minimum atomic E-state index is -0.381. The number of para-hydroxylation sites is 1. The van der Waals surface area contributed by atoms with Crippen LogP contribution in [0.1, 0.15) is 29.5 Å². The van der Waals surface area contributed by atoms with E-state index in [0.717, 1.165) is 17.4 Å². The van der Waals surface area contributed by atoms with E-state index in [-0.39, 0.29) is 12.5 Å². The SMILES string of the molecule is C=C(C)CCOCc1oc2ccccc2c1C(=O)NN. The summed E-state index contributed by atoms with van der Waals surface area (Å²) in [6, 6.07) is 7.32. The number of nitrogens with one attached hydrogen (secondary N) is 1. The zero-order valence-corrected chi connectivity index (χ0v) is 11.4. The molecule has 1 heterocycles. The van der Waals surface area contributed by atoms with Gasteiger partial charge in [0.25, 0.3) is 5.91 Å². The lowest BCUT2D eigenvalue weighted by Gasteiger charge is -2.04. The molecule has 0 spiro atoms. The molecule has 20 heavy (non-hydrogen) atoms. The number of benzene rings is 1. The summed E-state index contributed by atoms with van der Waals surface area (Å²) in [5, 5.41) is 0.731. The van der Waals surface area contributed by atoms with Gasteiger partial charge >= 0.3 is 0 Å². The van der Waals surface area contributed by atoms with Crippen molar-refractivity contribution in [2.24, 2.45) is 5.84 Å². The third-order valence-corrected chi connectivity index (χ3v) is 2.93. The molecule has 1 aromatic carbocycles. The minimum absolute atomic E-state index is 0.227. The van der Waals surface area contributed by atoms with Gasteiger partial charge < -0.3 is 9.15 Å². The average molecular weight is 274 g/mol. The number of carbonyl (C=O) groups excluding carboxylic acids is 1. The molecule has 1 amide bonds. The number of rotatable bonds is 6. The van der Waals surface area contributed by atoms with Crippen LogP contribution in [0.15, 0.2) is 40.8 Å². The molecule has 0 aliphatic carbocycles. The van der Waals surface area contributed by atoms with Crippen molar-refractivity contribution in [3.8, 4) is 0 Å². The molecule has 5 heteroatoms. The molecule has 0 atom stereocenters. The standard InChI is InChI=1S/C15H18N2O3/c1-10(2)7-8-19-9-13-14(15(18)17-16)11-5-3-4-6-12(11)20-13/h3-6H,1,7-9,16H2,2H3,(H,17,18). The summed E-state index contributed by atoms with van der Waals surface area (Å²) >= 11 is 0. The van der Waals surface area contributed by atoms with E-state index in [9.17, 15) is 4.79 Å². The smallest absolute Gasteiger partial charge is 0.269 e. The van der Waals surface area contributed by atoms with E-state index in [1.165, 1.54) is 0 Å². The minimum Gasteiger partial charge on any atom is -0.458 e. The fourth-order valence-corrected chi connectivity index (χ4v) is 1.93. The second kappa shape index (κ2) is 6.36. The van der Waals surface area contributed by atoms with Crippen molar-refractivity contribution in [2.75, 3.05) is 6.61 Å². The molecular formula is C15H18N2O3. The molecule has 0 aliphatic heterocycles. The molecule has 0 saturated heterocycles. The van der Waals surface area contributed by atoms with Gasteiger partial charge in [-0.15, -0.1) is 6.58 Å². The number of fused-ring (bicyclic) bond motifs is 1. The van der Waals surface area contributed by atoms with Crippen LogP contribution in [-0.4, -0.2) is 12.5 Å². The van der Waals surface area contributed by atoms with Gasteiger partial charge in [-0.1, -0.05) is 23.8 Å². The van der Waals surface area contributed by atoms with E-state index in [2.05, 4.69) is 12.0 Å². The highest BCUT2D eigenvalue weighted by atomic mass is 16.5. The number of carbonyl (C=O) groups is 1. The van der Waals surface area contributed by atoms with Crippen molar-refractivity contribution in [1.29, 1.82) is 0 Å². The summed E-state index contributed by atoms with van der Waals surface area (Å²) in [4.78, 5) is 11.9. The third kappa shape index (κ3) is 3.07. The zero-order valence-electron chi connectivity index (χ0n) is 11.4. The maximum absolute atomic E-state index is 11.9. The van der Waals surface area contributed by atoms with Crippen LogP contribution in [0.25, 0.3) is 11.0 Å². The average Bonchev–Trinajstić information content (AvgIpc) is 2.80. The van der Waals surface area contributed by atoms with Gasteiger partial charge in [-0.3, -0.25) is 10.2 Å². The lowest BCUT2D eigenvalue weighted by atomic mass is 10.1. The van der Waals surface area contributed by atoms with Crippen LogP contribution in [0.3, 0.4) is 0 Å². The van der Waals surface area contributed by atoms with Crippen molar-refractivity contribution >= 4 is 16.9 Å². The highest BCUT2D eigenvalue weighted by Crippen LogP contribution is 2.26. The molecule has 0 radical (unpaired) electrons. The van der Waals surface area contributed by atoms with Gasteiger partial charge in [-0.2, -0.15) is 0 Å². The summed E-state index contributed by atoms with van der Waals surface area (Å²) in [5.74, 6) is 5.33. The summed E-state index contributed by atoms with van der Waals surface area (Å²) in [5.41, 5.74) is 4.26. The molecular weight excluding hydrogens is 256 g/mol. The number of furan rings is 1. The Morgan fingerprint density at radius 2 is 2.20 bits per heavy atom. The Labute approximate surface area is 117 Å². The van der Waals surface area contributed by atoms with Crippen molar-refractivity contribution in [3.63, 3.8) is 0 Å². The van der Waals surface area contributed by atoms with Crippen molar-refractivity contribution in [1.82, 2.24) is 5.43 Å². The van der Waals surface area contributed by atoms with Crippen LogP contribution < -0.4 is 11.3 Å². The van der Waals surface area contributed by atoms with E-state index >= 15 is 0 Å². The predicted octanol–water partition coefficient (Wildman–Crippen LogP) is 2.52. The number of amides is 1. The van der Waals surface area contributed by atoms with Crippen LogP contribution in [0.5, 0.6) is 0 Å². The molecule has 0 fully saturated rings. The van der Waals surface area contributed by atoms with Gasteiger partial charge in [0.1, 0.15) is 18.0 Å². The largest absolute Gasteiger partial charge is 0.458 e. The Hall–Kier alpha value is -2.11. The first-order chi connectivity index (χ1) is 9.63. The van der Waals surface area contributed by atoms with E-state index in [0.29, 0.717) is 23.5 Å². The molecule has 0 aliphatic rings. The molecule has 0 unspecified atom stereocenters. The molecule has 0 saturated carbocycles.